The van der Waals surface area contributed by atoms with Crippen molar-refractivity contribution in [2.45, 2.75) is 32.8 Å². The molecule has 1 aromatic rings. The fraction of sp³-hybridized carbons (Fsp3) is 0.545. The third-order valence-corrected chi connectivity index (χ3v) is 1.86. The zero-order valence-electron chi connectivity index (χ0n) is 10.4. The molecule has 0 aliphatic heterocycles. The van der Waals surface area contributed by atoms with Gasteiger partial charge in [0, 0.05) is 13.2 Å². The topological polar surface area (TPSA) is 81.4 Å². The standard InChI is InChI=1S/C11H16N2O4/c1-11(2,3)17-8(14)5-7-6-13(4)9(12-7)10(15)16/h6H,5H2,1-4H3,(H,15,16). The van der Waals surface area contributed by atoms with E-state index in [-0.39, 0.29) is 12.2 Å². The predicted molar refractivity (Wildman–Crippen MR) is 59.7 cm³/mol. The molecule has 0 atom stereocenters. The van der Waals surface area contributed by atoms with Crippen molar-refractivity contribution in [3.8, 4) is 0 Å². The lowest BCUT2D eigenvalue weighted by molar-refractivity contribution is -0.154. The molecule has 0 bridgehead atoms. The molecule has 1 N–H and O–H groups in total. The molecular formula is C11H16N2O4. The molecule has 1 rings (SSSR count). The molecule has 0 spiro atoms. The summed E-state index contributed by atoms with van der Waals surface area (Å²) in [5, 5.41) is 8.80. The summed E-state index contributed by atoms with van der Waals surface area (Å²) in [6.07, 6.45) is 1.48. The van der Waals surface area contributed by atoms with Crippen LogP contribution in [0.15, 0.2) is 6.20 Å². The predicted octanol–water partition coefficient (Wildman–Crippen LogP) is 1.00. The lowest BCUT2D eigenvalue weighted by Gasteiger charge is -2.18. The second kappa shape index (κ2) is 4.57. The van der Waals surface area contributed by atoms with Crippen LogP contribution in [0.4, 0.5) is 0 Å². The maximum absolute atomic E-state index is 11.5. The minimum Gasteiger partial charge on any atom is -0.475 e. The van der Waals surface area contributed by atoms with Crippen LogP contribution in [0.3, 0.4) is 0 Å². The number of hydrogen-bond acceptors (Lipinski definition) is 4. The molecule has 0 amide bonds. The highest BCUT2D eigenvalue weighted by Crippen LogP contribution is 2.10. The number of carbonyl (C=O) groups excluding carboxylic acids is 1. The van der Waals surface area contributed by atoms with Crippen molar-refractivity contribution in [3.05, 3.63) is 17.7 Å². The summed E-state index contributed by atoms with van der Waals surface area (Å²) in [4.78, 5) is 26.1. The van der Waals surface area contributed by atoms with Crippen LogP contribution in [0.5, 0.6) is 0 Å². The number of imidazole rings is 1. The van der Waals surface area contributed by atoms with E-state index in [1.54, 1.807) is 27.8 Å². The summed E-state index contributed by atoms with van der Waals surface area (Å²) < 4.78 is 6.48. The Morgan fingerprint density at radius 2 is 2.06 bits per heavy atom. The number of nitrogens with zero attached hydrogens (tertiary/aromatic N) is 2. The highest BCUT2D eigenvalue weighted by Gasteiger charge is 2.19. The molecule has 6 heteroatoms. The number of aromatic carboxylic acids is 1. The molecule has 0 unspecified atom stereocenters. The Morgan fingerprint density at radius 1 is 1.47 bits per heavy atom. The molecule has 17 heavy (non-hydrogen) atoms. The average Bonchev–Trinajstić information content (AvgIpc) is 2.42. The molecule has 0 fully saturated rings. The van der Waals surface area contributed by atoms with Crippen LogP contribution in [-0.2, 0) is 23.0 Å². The van der Waals surface area contributed by atoms with Crippen LogP contribution in [0, 0.1) is 0 Å². The summed E-state index contributed by atoms with van der Waals surface area (Å²) >= 11 is 0. The van der Waals surface area contributed by atoms with Gasteiger partial charge in [-0.05, 0) is 20.8 Å². The third kappa shape index (κ3) is 3.90. The number of aromatic nitrogens is 2. The van der Waals surface area contributed by atoms with Gasteiger partial charge in [0.1, 0.15) is 5.60 Å². The first-order valence-corrected chi connectivity index (χ1v) is 5.16. The Morgan fingerprint density at radius 3 is 2.47 bits per heavy atom. The zero-order valence-corrected chi connectivity index (χ0v) is 10.4. The largest absolute Gasteiger partial charge is 0.475 e. The SMILES string of the molecule is Cn1cc(CC(=O)OC(C)(C)C)nc1C(=O)O. The van der Waals surface area contributed by atoms with Crippen LogP contribution in [0.1, 0.15) is 37.1 Å². The second-order valence-corrected chi connectivity index (χ2v) is 4.74. The minimum absolute atomic E-state index is 0.0294. The van der Waals surface area contributed by atoms with Crippen LogP contribution >= 0.6 is 0 Å². The molecule has 0 aliphatic rings. The molecule has 0 saturated heterocycles. The fourth-order valence-electron chi connectivity index (χ4n) is 1.34. The molecule has 1 aromatic heterocycles. The number of carboxylic acid groups (broad SMARTS) is 1. The first kappa shape index (κ1) is 13.2. The van der Waals surface area contributed by atoms with Gasteiger partial charge in [-0.3, -0.25) is 4.79 Å². The highest BCUT2D eigenvalue weighted by atomic mass is 16.6. The van der Waals surface area contributed by atoms with Crippen molar-refractivity contribution in [2.75, 3.05) is 0 Å². The van der Waals surface area contributed by atoms with E-state index in [1.807, 2.05) is 0 Å². The van der Waals surface area contributed by atoms with Crippen molar-refractivity contribution in [2.24, 2.45) is 7.05 Å². The van der Waals surface area contributed by atoms with Gasteiger partial charge in [0.15, 0.2) is 0 Å². The van der Waals surface area contributed by atoms with Gasteiger partial charge in [-0.2, -0.15) is 0 Å². The summed E-state index contributed by atoms with van der Waals surface area (Å²) in [5.74, 6) is -1.64. The van der Waals surface area contributed by atoms with Gasteiger partial charge < -0.3 is 14.4 Å². The van der Waals surface area contributed by atoms with Gasteiger partial charge in [0.2, 0.25) is 5.82 Å². The summed E-state index contributed by atoms with van der Waals surface area (Å²) in [7, 11) is 1.56. The third-order valence-electron chi connectivity index (χ3n) is 1.86. The number of ether oxygens (including phenoxy) is 1. The Bertz CT molecular complexity index is 443. The van der Waals surface area contributed by atoms with Crippen molar-refractivity contribution >= 4 is 11.9 Å². The van der Waals surface area contributed by atoms with Crippen molar-refractivity contribution in [1.29, 1.82) is 0 Å². The van der Waals surface area contributed by atoms with E-state index in [0.29, 0.717) is 5.69 Å². The Hall–Kier alpha value is -1.85. The van der Waals surface area contributed by atoms with Crippen LogP contribution in [-0.4, -0.2) is 32.2 Å². The van der Waals surface area contributed by atoms with Gasteiger partial charge in [0.05, 0.1) is 12.1 Å². The first-order chi connectivity index (χ1) is 7.69. The number of esters is 1. The van der Waals surface area contributed by atoms with Crippen molar-refractivity contribution in [3.63, 3.8) is 0 Å². The number of carboxylic acids is 1. The van der Waals surface area contributed by atoms with Gasteiger partial charge in [0.25, 0.3) is 0 Å². The lowest BCUT2D eigenvalue weighted by atomic mass is 10.2. The molecule has 6 nitrogen and oxygen atoms in total. The molecule has 0 aliphatic carbocycles. The van der Waals surface area contributed by atoms with E-state index in [4.69, 9.17) is 9.84 Å². The van der Waals surface area contributed by atoms with E-state index in [2.05, 4.69) is 4.98 Å². The highest BCUT2D eigenvalue weighted by molar-refractivity contribution is 5.84. The molecule has 0 saturated carbocycles. The molecule has 94 valence electrons. The van der Waals surface area contributed by atoms with E-state index in [9.17, 15) is 9.59 Å². The maximum atomic E-state index is 11.5. The summed E-state index contributed by atoms with van der Waals surface area (Å²) in [5.41, 5.74) is -0.166. The maximum Gasteiger partial charge on any atom is 0.372 e. The van der Waals surface area contributed by atoms with Crippen LogP contribution in [0.2, 0.25) is 0 Å². The minimum atomic E-state index is -1.12. The van der Waals surface area contributed by atoms with E-state index < -0.39 is 17.5 Å². The quantitative estimate of drug-likeness (QED) is 0.797. The van der Waals surface area contributed by atoms with Crippen LogP contribution < -0.4 is 0 Å². The lowest BCUT2D eigenvalue weighted by Crippen LogP contribution is -2.25. The number of carbonyl (C=O) groups is 2. The number of aryl methyl sites for hydroxylation is 1. The van der Waals surface area contributed by atoms with Crippen molar-refractivity contribution < 1.29 is 19.4 Å². The first-order valence-electron chi connectivity index (χ1n) is 5.16. The Kier molecular flexibility index (Phi) is 3.55. The number of hydrogen-bond donors (Lipinski definition) is 1. The smallest absolute Gasteiger partial charge is 0.372 e. The Balaban J connectivity index is 2.73. The van der Waals surface area contributed by atoms with E-state index in [0.717, 1.165) is 0 Å². The van der Waals surface area contributed by atoms with Crippen molar-refractivity contribution in [1.82, 2.24) is 9.55 Å². The monoisotopic (exact) mass is 240 g/mol. The normalized spacial score (nSPS) is 11.3. The van der Waals surface area contributed by atoms with Gasteiger partial charge in [-0.1, -0.05) is 0 Å². The fourth-order valence-corrected chi connectivity index (χ4v) is 1.34. The van der Waals surface area contributed by atoms with E-state index in [1.165, 1.54) is 10.8 Å². The average molecular weight is 240 g/mol. The van der Waals surface area contributed by atoms with Gasteiger partial charge in [-0.15, -0.1) is 0 Å². The molecule has 0 radical (unpaired) electrons. The summed E-state index contributed by atoms with van der Waals surface area (Å²) in [6, 6.07) is 0. The Labute approximate surface area is 99.2 Å². The molecule has 0 aromatic carbocycles. The van der Waals surface area contributed by atoms with Gasteiger partial charge >= 0.3 is 11.9 Å². The van der Waals surface area contributed by atoms with Gasteiger partial charge in [-0.25, -0.2) is 9.78 Å². The number of rotatable bonds is 3. The zero-order chi connectivity index (χ0) is 13.2. The molecular weight excluding hydrogens is 224 g/mol. The van der Waals surface area contributed by atoms with E-state index >= 15 is 0 Å². The van der Waals surface area contributed by atoms with Crippen LogP contribution in [0.25, 0.3) is 0 Å². The second-order valence-electron chi connectivity index (χ2n) is 4.74. The summed E-state index contributed by atoms with van der Waals surface area (Å²) in [6.45, 7) is 5.31. The molecule has 1 heterocycles.